The lowest BCUT2D eigenvalue weighted by atomic mass is 10.4. The van der Waals surface area contributed by atoms with Crippen molar-refractivity contribution < 1.29 is 0 Å². The van der Waals surface area contributed by atoms with Crippen molar-refractivity contribution in [3.05, 3.63) is 15.5 Å². The monoisotopic (exact) mass is 181 g/mol. The summed E-state index contributed by atoms with van der Waals surface area (Å²) in [4.78, 5) is 5.01. The number of rotatable bonds is 2. The average Bonchev–Trinajstić information content (AvgIpc) is 2.17. The zero-order valence-corrected chi connectivity index (χ0v) is 6.93. The highest BCUT2D eigenvalue weighted by Gasteiger charge is 1.96. The quantitative estimate of drug-likeness (QED) is 0.640. The second-order valence-corrected chi connectivity index (χ2v) is 3.59. The van der Waals surface area contributed by atoms with Gasteiger partial charge in [0.25, 0.3) is 0 Å². The van der Waals surface area contributed by atoms with Gasteiger partial charge in [-0.1, -0.05) is 11.6 Å². The highest BCUT2D eigenvalue weighted by molar-refractivity contribution is 7.15. The summed E-state index contributed by atoms with van der Waals surface area (Å²) in [6.45, 7) is 0. The van der Waals surface area contributed by atoms with Crippen molar-refractivity contribution in [3.63, 3.8) is 0 Å². The lowest BCUT2D eigenvalue weighted by Crippen LogP contribution is -1.77. The lowest BCUT2D eigenvalue weighted by Gasteiger charge is -1.83. The van der Waals surface area contributed by atoms with Gasteiger partial charge in [0.2, 0.25) is 0 Å². The number of halogens is 2. The van der Waals surface area contributed by atoms with Gasteiger partial charge in [-0.3, -0.25) is 0 Å². The molecule has 9 heavy (non-hydrogen) atoms. The number of aromatic nitrogens is 1. The van der Waals surface area contributed by atoms with Crippen LogP contribution in [0.4, 0.5) is 0 Å². The number of hydrogen-bond acceptors (Lipinski definition) is 2. The Morgan fingerprint density at radius 1 is 1.67 bits per heavy atom. The molecule has 0 N–H and O–H groups in total. The molecule has 1 nitrogen and oxygen atoms in total. The molecule has 0 atom stereocenters. The summed E-state index contributed by atoms with van der Waals surface area (Å²) in [6, 6.07) is 0. The SMILES string of the molecule is ClCCc1cnc(Cl)s1. The standard InChI is InChI=1S/C5H5Cl2NS/c6-2-1-4-3-8-5(7)9-4/h3H,1-2H2. The van der Waals surface area contributed by atoms with Crippen molar-refractivity contribution in [2.75, 3.05) is 5.88 Å². The van der Waals surface area contributed by atoms with Gasteiger partial charge in [-0.2, -0.15) is 0 Å². The molecule has 0 amide bonds. The van der Waals surface area contributed by atoms with E-state index in [0.29, 0.717) is 10.3 Å². The fourth-order valence-corrected chi connectivity index (χ4v) is 1.79. The molecule has 1 aromatic heterocycles. The number of nitrogens with zero attached hydrogens (tertiary/aromatic N) is 1. The third kappa shape index (κ3) is 2.12. The first-order chi connectivity index (χ1) is 4.33. The van der Waals surface area contributed by atoms with E-state index in [4.69, 9.17) is 23.2 Å². The van der Waals surface area contributed by atoms with Gasteiger partial charge in [0.15, 0.2) is 4.47 Å². The zero-order chi connectivity index (χ0) is 6.69. The van der Waals surface area contributed by atoms with Crippen molar-refractivity contribution >= 4 is 34.5 Å². The molecule has 1 heterocycles. The minimum atomic E-state index is 0.593. The molecule has 0 aliphatic heterocycles. The van der Waals surface area contributed by atoms with E-state index in [1.54, 1.807) is 6.20 Å². The molecule has 0 unspecified atom stereocenters. The maximum absolute atomic E-state index is 5.56. The Labute approximate surface area is 67.6 Å². The predicted molar refractivity (Wildman–Crippen MR) is 41.5 cm³/mol. The Morgan fingerprint density at radius 3 is 2.89 bits per heavy atom. The third-order valence-corrected chi connectivity index (χ3v) is 2.23. The van der Waals surface area contributed by atoms with Gasteiger partial charge in [-0.05, 0) is 6.42 Å². The first-order valence-corrected chi connectivity index (χ1v) is 4.22. The van der Waals surface area contributed by atoms with Crippen molar-refractivity contribution in [3.8, 4) is 0 Å². The van der Waals surface area contributed by atoms with Crippen LogP contribution < -0.4 is 0 Å². The number of thiazole rings is 1. The van der Waals surface area contributed by atoms with Crippen molar-refractivity contribution in [2.45, 2.75) is 6.42 Å². The van der Waals surface area contributed by atoms with Gasteiger partial charge in [0, 0.05) is 17.0 Å². The van der Waals surface area contributed by atoms with E-state index in [9.17, 15) is 0 Å². The van der Waals surface area contributed by atoms with Crippen molar-refractivity contribution in [1.82, 2.24) is 4.98 Å². The summed E-state index contributed by atoms with van der Waals surface area (Å²) >= 11 is 12.5. The molecule has 0 spiro atoms. The molecule has 0 fully saturated rings. The normalized spacial score (nSPS) is 10.0. The molecule has 0 aliphatic carbocycles. The summed E-state index contributed by atoms with van der Waals surface area (Å²) in [5.41, 5.74) is 0. The molecule has 50 valence electrons. The Kier molecular flexibility index (Phi) is 2.76. The van der Waals surface area contributed by atoms with Crippen LogP contribution in [0.15, 0.2) is 6.20 Å². The highest BCUT2D eigenvalue weighted by Crippen LogP contribution is 2.17. The molecule has 1 aromatic rings. The molecule has 0 bridgehead atoms. The van der Waals surface area contributed by atoms with E-state index >= 15 is 0 Å². The van der Waals surface area contributed by atoms with Gasteiger partial charge < -0.3 is 0 Å². The lowest BCUT2D eigenvalue weighted by molar-refractivity contribution is 1.18. The Balaban J connectivity index is 2.61. The van der Waals surface area contributed by atoms with E-state index in [2.05, 4.69) is 4.98 Å². The van der Waals surface area contributed by atoms with Crippen LogP contribution in [0.1, 0.15) is 4.88 Å². The van der Waals surface area contributed by atoms with Crippen LogP contribution in [0.3, 0.4) is 0 Å². The Bertz CT molecular complexity index is 187. The fraction of sp³-hybridized carbons (Fsp3) is 0.400. The second-order valence-electron chi connectivity index (χ2n) is 1.52. The van der Waals surface area contributed by atoms with Crippen molar-refractivity contribution in [1.29, 1.82) is 0 Å². The van der Waals surface area contributed by atoms with Crippen LogP contribution in [0.5, 0.6) is 0 Å². The molecular weight excluding hydrogens is 177 g/mol. The Hall–Kier alpha value is 0.210. The van der Waals surface area contributed by atoms with Gasteiger partial charge in [0.1, 0.15) is 0 Å². The van der Waals surface area contributed by atoms with Crippen LogP contribution in [0.2, 0.25) is 4.47 Å². The topological polar surface area (TPSA) is 12.9 Å². The van der Waals surface area contributed by atoms with E-state index in [0.717, 1.165) is 11.3 Å². The zero-order valence-electron chi connectivity index (χ0n) is 4.60. The molecule has 0 saturated heterocycles. The molecule has 4 heteroatoms. The Morgan fingerprint density at radius 2 is 2.44 bits per heavy atom. The second kappa shape index (κ2) is 3.40. The molecule has 0 radical (unpaired) electrons. The van der Waals surface area contributed by atoms with Crippen LogP contribution in [-0.4, -0.2) is 10.9 Å². The first-order valence-electron chi connectivity index (χ1n) is 2.49. The average molecular weight is 182 g/mol. The van der Waals surface area contributed by atoms with Gasteiger partial charge >= 0.3 is 0 Å². The maximum Gasteiger partial charge on any atom is 0.183 e. The van der Waals surface area contributed by atoms with E-state index in [1.807, 2.05) is 0 Å². The molecular formula is C5H5Cl2NS. The van der Waals surface area contributed by atoms with E-state index in [1.165, 1.54) is 11.3 Å². The number of aryl methyl sites for hydroxylation is 1. The smallest absolute Gasteiger partial charge is 0.183 e. The molecule has 0 saturated carbocycles. The minimum absolute atomic E-state index is 0.593. The van der Waals surface area contributed by atoms with Gasteiger partial charge in [-0.15, -0.1) is 22.9 Å². The summed E-state index contributed by atoms with van der Waals surface area (Å²) in [5.74, 6) is 0.637. The van der Waals surface area contributed by atoms with Crippen LogP contribution in [-0.2, 0) is 6.42 Å². The van der Waals surface area contributed by atoms with Crippen LogP contribution >= 0.6 is 34.5 Å². The van der Waals surface area contributed by atoms with Crippen LogP contribution in [0.25, 0.3) is 0 Å². The predicted octanol–water partition coefficient (Wildman–Crippen LogP) is 2.58. The summed E-state index contributed by atoms with van der Waals surface area (Å²) in [5, 5.41) is 0. The first kappa shape index (κ1) is 7.32. The summed E-state index contributed by atoms with van der Waals surface area (Å²) in [7, 11) is 0. The van der Waals surface area contributed by atoms with E-state index in [-0.39, 0.29) is 0 Å². The van der Waals surface area contributed by atoms with E-state index < -0.39 is 0 Å². The molecule has 0 aliphatic rings. The maximum atomic E-state index is 5.56. The van der Waals surface area contributed by atoms with Gasteiger partial charge in [0.05, 0.1) is 0 Å². The largest absolute Gasteiger partial charge is 0.233 e. The van der Waals surface area contributed by atoms with Crippen molar-refractivity contribution in [2.24, 2.45) is 0 Å². The number of hydrogen-bond donors (Lipinski definition) is 0. The van der Waals surface area contributed by atoms with Crippen LogP contribution in [0, 0.1) is 0 Å². The van der Waals surface area contributed by atoms with Gasteiger partial charge in [-0.25, -0.2) is 4.98 Å². The molecule has 0 aromatic carbocycles. The summed E-state index contributed by atoms with van der Waals surface area (Å²) < 4.78 is 0.593. The molecule has 1 rings (SSSR count). The summed E-state index contributed by atoms with van der Waals surface area (Å²) in [6.07, 6.45) is 2.63. The number of alkyl halides is 1. The fourth-order valence-electron chi connectivity index (χ4n) is 0.492. The third-order valence-electron chi connectivity index (χ3n) is 0.866. The minimum Gasteiger partial charge on any atom is -0.233 e. The highest BCUT2D eigenvalue weighted by atomic mass is 35.5.